The van der Waals surface area contributed by atoms with E-state index >= 15 is 0 Å². The second-order valence-electron chi connectivity index (χ2n) is 10.5. The fourth-order valence-electron chi connectivity index (χ4n) is 3.93. The molecule has 0 bridgehead atoms. The molecule has 218 valence electrons. The lowest BCUT2D eigenvalue weighted by Crippen LogP contribution is -2.16. The summed E-state index contributed by atoms with van der Waals surface area (Å²) in [6.07, 6.45) is 0.228. The van der Waals surface area contributed by atoms with Crippen molar-refractivity contribution in [2.45, 2.75) is 56.6 Å². The zero-order valence-corrected chi connectivity index (χ0v) is 25.4. The Hall–Kier alpha value is -3.34. The molecule has 0 heterocycles. The third-order valence-corrected chi connectivity index (χ3v) is 7.39. The molecule has 0 aliphatic carbocycles. The fraction of sp³-hybridized carbons (Fsp3) is 0.310. The summed E-state index contributed by atoms with van der Waals surface area (Å²) in [5.41, 5.74) is 4.76. The average Bonchev–Trinajstić information content (AvgIpc) is 2.88. The molecule has 0 unspecified atom stereocenters. The van der Waals surface area contributed by atoms with Gasteiger partial charge in [-0.2, -0.15) is 0 Å². The number of nitrogens with two attached hydrogens (primary N) is 1. The van der Waals surface area contributed by atoms with E-state index in [0.717, 1.165) is 16.0 Å². The maximum Gasteiger partial charge on any atom is 0.471 e. The molecule has 3 aromatic carbocycles. The number of rotatable bonds is 10. The number of phosphoric ester groups is 1. The number of thioether (sulfide) groups is 1. The number of carbonyl (C=O) groups is 1. The van der Waals surface area contributed by atoms with Gasteiger partial charge in [-0.1, -0.05) is 94.4 Å². The molecular weight excluding hydrogens is 561 g/mol. The molecule has 3 aromatic rings. The molecule has 41 heavy (non-hydrogen) atoms. The van der Waals surface area contributed by atoms with Crippen LogP contribution in [0, 0.1) is 0 Å². The second-order valence-corrected chi connectivity index (χ2v) is 13.6. The molecule has 0 saturated carbocycles. The molecule has 0 radical (unpaired) electrons. The van der Waals surface area contributed by atoms with E-state index in [0.29, 0.717) is 22.7 Å². The van der Waals surface area contributed by atoms with Gasteiger partial charge in [0.05, 0.1) is 12.1 Å². The van der Waals surface area contributed by atoms with Crippen molar-refractivity contribution in [1.29, 1.82) is 0 Å². The van der Waals surface area contributed by atoms with Crippen LogP contribution < -0.4 is 11.2 Å². The summed E-state index contributed by atoms with van der Waals surface area (Å²) in [5, 5.41) is 10.3. The summed E-state index contributed by atoms with van der Waals surface area (Å²) < 4.78 is 15.4. The first kappa shape index (κ1) is 32.2. The quantitative estimate of drug-likeness (QED) is 0.0385. The molecule has 12 heteroatoms. The van der Waals surface area contributed by atoms with E-state index in [4.69, 9.17) is 15.6 Å². The maximum atomic E-state index is 13.2. The molecule has 0 saturated heterocycles. The SMILES string of the molecule is CC(C)c1ccc(CC(=O)Nc2cc(-c3ccccc3C(N=NN)=NCOP(=O)(O)O)ccc2SC(C)(C)C)cc1. The first-order valence-electron chi connectivity index (χ1n) is 12.9. The van der Waals surface area contributed by atoms with Crippen molar-refractivity contribution < 1.29 is 23.7 Å². The summed E-state index contributed by atoms with van der Waals surface area (Å²) in [6, 6.07) is 21.0. The summed E-state index contributed by atoms with van der Waals surface area (Å²) in [5.74, 6) is 5.59. The van der Waals surface area contributed by atoms with E-state index in [1.165, 1.54) is 5.56 Å². The zero-order valence-electron chi connectivity index (χ0n) is 23.7. The van der Waals surface area contributed by atoms with Crippen molar-refractivity contribution >= 4 is 37.0 Å². The highest BCUT2D eigenvalue weighted by Crippen LogP contribution is 2.40. The standard InChI is InChI=1S/C29H36N5O5PS/c1-19(2)21-12-10-20(11-13-21)16-27(35)32-25-17-22(14-15-26(25)41-29(3,4)5)23-8-6-7-9-24(23)28(33-34-30)31-18-39-40(36,37)38/h6-15,17,19H,16,18H2,1-5H3,(H,32,35)(H2,30,31,33)(H2,36,37,38). The van der Waals surface area contributed by atoms with Gasteiger partial charge >= 0.3 is 7.82 Å². The van der Waals surface area contributed by atoms with Gasteiger partial charge in [0.2, 0.25) is 5.91 Å². The minimum absolute atomic E-state index is 0.0279. The van der Waals surface area contributed by atoms with Gasteiger partial charge in [-0.15, -0.1) is 16.9 Å². The van der Waals surface area contributed by atoms with Crippen LogP contribution in [0.2, 0.25) is 0 Å². The predicted octanol–water partition coefficient (Wildman–Crippen LogP) is 6.69. The Balaban J connectivity index is 1.98. The number of anilines is 1. The van der Waals surface area contributed by atoms with Crippen molar-refractivity contribution in [3.63, 3.8) is 0 Å². The number of hydrogen-bond donors (Lipinski definition) is 4. The van der Waals surface area contributed by atoms with E-state index in [1.54, 1.807) is 23.9 Å². The molecular formula is C29H36N5O5PS. The van der Waals surface area contributed by atoms with Crippen LogP contribution in [0.25, 0.3) is 11.1 Å². The third-order valence-electron chi connectivity index (χ3n) is 5.75. The topological polar surface area (TPSA) is 159 Å². The number of amides is 1. The van der Waals surface area contributed by atoms with Crippen LogP contribution in [-0.4, -0.2) is 33.0 Å². The first-order chi connectivity index (χ1) is 19.3. The van der Waals surface area contributed by atoms with Gasteiger partial charge in [0.15, 0.2) is 12.6 Å². The zero-order chi connectivity index (χ0) is 30.2. The van der Waals surface area contributed by atoms with Crippen LogP contribution >= 0.6 is 19.6 Å². The smallest absolute Gasteiger partial charge is 0.325 e. The minimum Gasteiger partial charge on any atom is -0.325 e. The van der Waals surface area contributed by atoms with E-state index < -0.39 is 14.6 Å². The molecule has 0 aromatic heterocycles. The number of aliphatic imine (C=N–C) groups is 1. The number of benzene rings is 3. The van der Waals surface area contributed by atoms with Crippen molar-refractivity contribution in [1.82, 2.24) is 0 Å². The highest BCUT2D eigenvalue weighted by Gasteiger charge is 2.19. The normalized spacial score (nSPS) is 12.7. The van der Waals surface area contributed by atoms with E-state index in [2.05, 4.69) is 71.9 Å². The van der Waals surface area contributed by atoms with E-state index in [9.17, 15) is 9.36 Å². The number of amidine groups is 1. The third kappa shape index (κ3) is 10.2. The molecule has 1 amide bonds. The van der Waals surface area contributed by atoms with Crippen LogP contribution in [0.3, 0.4) is 0 Å². The largest absolute Gasteiger partial charge is 0.471 e. The molecule has 0 atom stereocenters. The van der Waals surface area contributed by atoms with Gasteiger partial charge in [-0.25, -0.2) is 9.56 Å². The monoisotopic (exact) mass is 597 g/mol. The van der Waals surface area contributed by atoms with Crippen LogP contribution in [-0.2, 0) is 20.3 Å². The van der Waals surface area contributed by atoms with E-state index in [-0.39, 0.29) is 22.9 Å². The molecule has 5 N–H and O–H groups in total. The predicted molar refractivity (Wildman–Crippen MR) is 164 cm³/mol. The second kappa shape index (κ2) is 14.0. The number of hydrogen-bond acceptors (Lipinski definition) is 6. The molecule has 0 aliphatic rings. The van der Waals surface area contributed by atoms with Crippen LogP contribution in [0.15, 0.2) is 87.0 Å². The lowest BCUT2D eigenvalue weighted by atomic mass is 9.98. The van der Waals surface area contributed by atoms with Gasteiger partial charge in [-0.05, 0) is 40.3 Å². The maximum absolute atomic E-state index is 13.2. The summed E-state index contributed by atoms with van der Waals surface area (Å²) in [4.78, 5) is 36.1. The van der Waals surface area contributed by atoms with Crippen molar-refractivity contribution in [3.05, 3.63) is 83.4 Å². The Morgan fingerprint density at radius 2 is 1.76 bits per heavy atom. The average molecular weight is 598 g/mol. The lowest BCUT2D eigenvalue weighted by molar-refractivity contribution is -0.115. The van der Waals surface area contributed by atoms with Crippen molar-refractivity contribution in [2.75, 3.05) is 12.0 Å². The van der Waals surface area contributed by atoms with Crippen molar-refractivity contribution in [2.24, 2.45) is 21.2 Å². The molecule has 0 fully saturated rings. The number of phosphoric acid groups is 1. The summed E-state index contributed by atoms with van der Waals surface area (Å²) in [7, 11) is -4.73. The Bertz CT molecular complexity index is 1460. The van der Waals surface area contributed by atoms with Crippen LogP contribution in [0.4, 0.5) is 5.69 Å². The Morgan fingerprint density at radius 3 is 2.37 bits per heavy atom. The first-order valence-corrected chi connectivity index (χ1v) is 15.3. The van der Waals surface area contributed by atoms with Gasteiger partial charge in [-0.3, -0.25) is 9.32 Å². The highest BCUT2D eigenvalue weighted by molar-refractivity contribution is 8.00. The van der Waals surface area contributed by atoms with Gasteiger partial charge in [0.25, 0.3) is 0 Å². The van der Waals surface area contributed by atoms with Crippen LogP contribution in [0.1, 0.15) is 57.2 Å². The van der Waals surface area contributed by atoms with Gasteiger partial charge in [0.1, 0.15) is 0 Å². The fourth-order valence-corrected chi connectivity index (χ4v) is 5.16. The highest BCUT2D eigenvalue weighted by atomic mass is 32.2. The summed E-state index contributed by atoms with van der Waals surface area (Å²) >= 11 is 1.64. The Kier molecular flexibility index (Phi) is 11.0. The van der Waals surface area contributed by atoms with Crippen molar-refractivity contribution in [3.8, 4) is 11.1 Å². The molecule has 0 aliphatic heterocycles. The Morgan fingerprint density at radius 1 is 1.07 bits per heavy atom. The number of nitrogens with zero attached hydrogens (tertiary/aromatic N) is 3. The van der Waals surface area contributed by atoms with Crippen LogP contribution in [0.5, 0.6) is 0 Å². The molecule has 0 spiro atoms. The molecule has 10 nitrogen and oxygen atoms in total. The summed E-state index contributed by atoms with van der Waals surface area (Å²) in [6.45, 7) is 9.92. The molecule has 3 rings (SSSR count). The van der Waals surface area contributed by atoms with Gasteiger partial charge < -0.3 is 20.9 Å². The van der Waals surface area contributed by atoms with Gasteiger partial charge in [0, 0.05) is 15.2 Å². The number of nitrogens with one attached hydrogen (secondary N) is 1. The minimum atomic E-state index is -4.73. The lowest BCUT2D eigenvalue weighted by Gasteiger charge is -2.21. The van der Waals surface area contributed by atoms with E-state index in [1.807, 2.05) is 42.5 Å². The number of carbonyl (C=O) groups excluding carboxylic acids is 1. The Labute approximate surface area is 244 Å².